The molecule has 0 aromatic heterocycles. The standard InChI is InChI=1S/C9H20N2O2/c1-4-5-6-11(7-8-12)9(13)10(2)3/h12H,4-8H2,1-3H3. The lowest BCUT2D eigenvalue weighted by Crippen LogP contribution is -2.41. The average molecular weight is 188 g/mol. The first-order valence-electron chi connectivity index (χ1n) is 4.70. The zero-order chi connectivity index (χ0) is 10.3. The van der Waals surface area contributed by atoms with Gasteiger partial charge in [-0.2, -0.15) is 0 Å². The SMILES string of the molecule is CCCCN(CCO)C(=O)N(C)C. The molecule has 1 N–H and O–H groups in total. The minimum absolute atomic E-state index is 0.0255. The molecule has 0 spiro atoms. The number of rotatable bonds is 5. The molecule has 2 amide bonds. The van der Waals surface area contributed by atoms with Gasteiger partial charge in [0.05, 0.1) is 6.61 Å². The highest BCUT2D eigenvalue weighted by Crippen LogP contribution is 1.98. The molecule has 0 heterocycles. The third kappa shape index (κ3) is 4.72. The smallest absolute Gasteiger partial charge is 0.319 e. The van der Waals surface area contributed by atoms with E-state index in [1.54, 1.807) is 19.0 Å². The summed E-state index contributed by atoms with van der Waals surface area (Å²) in [4.78, 5) is 14.7. The van der Waals surface area contributed by atoms with Crippen LogP contribution < -0.4 is 0 Å². The Hall–Kier alpha value is -0.770. The molecule has 0 aliphatic carbocycles. The van der Waals surface area contributed by atoms with E-state index >= 15 is 0 Å². The number of aliphatic hydroxyl groups excluding tert-OH is 1. The van der Waals surface area contributed by atoms with E-state index in [2.05, 4.69) is 6.92 Å². The summed E-state index contributed by atoms with van der Waals surface area (Å²) in [6, 6.07) is -0.0255. The zero-order valence-electron chi connectivity index (χ0n) is 8.79. The molecule has 0 saturated carbocycles. The van der Waals surface area contributed by atoms with Crippen LogP contribution in [-0.2, 0) is 0 Å². The first-order chi connectivity index (χ1) is 6.13. The average Bonchev–Trinajstić information content (AvgIpc) is 2.11. The number of carbonyl (C=O) groups excluding carboxylic acids is 1. The second kappa shape index (κ2) is 6.71. The molecule has 0 fully saturated rings. The summed E-state index contributed by atoms with van der Waals surface area (Å²) in [5.41, 5.74) is 0. The lowest BCUT2D eigenvalue weighted by molar-refractivity contribution is 0.154. The van der Waals surface area contributed by atoms with Crippen molar-refractivity contribution in [3.8, 4) is 0 Å². The van der Waals surface area contributed by atoms with Gasteiger partial charge < -0.3 is 14.9 Å². The highest BCUT2D eigenvalue weighted by molar-refractivity contribution is 5.73. The van der Waals surface area contributed by atoms with Crippen molar-refractivity contribution < 1.29 is 9.90 Å². The normalized spacial score (nSPS) is 9.85. The quantitative estimate of drug-likeness (QED) is 0.692. The molecular weight excluding hydrogens is 168 g/mol. The van der Waals surface area contributed by atoms with Gasteiger partial charge in [-0.05, 0) is 6.42 Å². The molecule has 0 bridgehead atoms. The van der Waals surface area contributed by atoms with Gasteiger partial charge in [0.15, 0.2) is 0 Å². The van der Waals surface area contributed by atoms with Crippen molar-refractivity contribution in [1.82, 2.24) is 9.80 Å². The van der Waals surface area contributed by atoms with Crippen LogP contribution in [-0.4, -0.2) is 54.7 Å². The van der Waals surface area contributed by atoms with Gasteiger partial charge in [-0.1, -0.05) is 13.3 Å². The Balaban J connectivity index is 3.99. The van der Waals surface area contributed by atoms with Gasteiger partial charge in [-0.15, -0.1) is 0 Å². The predicted octanol–water partition coefficient (Wildman–Crippen LogP) is 0.762. The van der Waals surface area contributed by atoms with Crippen molar-refractivity contribution in [2.75, 3.05) is 33.8 Å². The molecule has 0 saturated heterocycles. The molecular formula is C9H20N2O2. The van der Waals surface area contributed by atoms with E-state index < -0.39 is 0 Å². The number of carbonyl (C=O) groups is 1. The fourth-order valence-electron chi connectivity index (χ4n) is 1.06. The lowest BCUT2D eigenvalue weighted by atomic mass is 10.3. The monoisotopic (exact) mass is 188 g/mol. The fourth-order valence-corrected chi connectivity index (χ4v) is 1.06. The number of hydrogen-bond acceptors (Lipinski definition) is 2. The predicted molar refractivity (Wildman–Crippen MR) is 52.6 cm³/mol. The maximum absolute atomic E-state index is 11.5. The Bertz CT molecular complexity index is 149. The molecule has 0 unspecified atom stereocenters. The minimum Gasteiger partial charge on any atom is -0.395 e. The molecule has 78 valence electrons. The van der Waals surface area contributed by atoms with Crippen molar-refractivity contribution >= 4 is 6.03 Å². The van der Waals surface area contributed by atoms with Gasteiger partial charge >= 0.3 is 6.03 Å². The Kier molecular flexibility index (Phi) is 6.32. The van der Waals surface area contributed by atoms with E-state index in [0.29, 0.717) is 6.54 Å². The summed E-state index contributed by atoms with van der Waals surface area (Å²) < 4.78 is 0. The molecule has 4 nitrogen and oxygen atoms in total. The Morgan fingerprint density at radius 3 is 2.31 bits per heavy atom. The van der Waals surface area contributed by atoms with Gasteiger partial charge in [0.1, 0.15) is 0 Å². The largest absolute Gasteiger partial charge is 0.395 e. The molecule has 0 atom stereocenters. The third-order valence-corrected chi connectivity index (χ3v) is 1.80. The van der Waals surface area contributed by atoms with E-state index in [1.807, 2.05) is 0 Å². The minimum atomic E-state index is -0.0255. The van der Waals surface area contributed by atoms with Gasteiger partial charge in [-0.3, -0.25) is 0 Å². The Morgan fingerprint density at radius 1 is 1.31 bits per heavy atom. The maximum Gasteiger partial charge on any atom is 0.319 e. The van der Waals surface area contributed by atoms with Crippen molar-refractivity contribution in [1.29, 1.82) is 0 Å². The number of unbranched alkanes of at least 4 members (excludes halogenated alkanes) is 1. The van der Waals surface area contributed by atoms with Gasteiger partial charge in [-0.25, -0.2) is 4.79 Å². The van der Waals surface area contributed by atoms with Crippen LogP contribution >= 0.6 is 0 Å². The molecule has 13 heavy (non-hydrogen) atoms. The van der Waals surface area contributed by atoms with Crippen LogP contribution in [0.3, 0.4) is 0 Å². The first kappa shape index (κ1) is 12.2. The molecule has 0 aromatic carbocycles. The van der Waals surface area contributed by atoms with Crippen molar-refractivity contribution in [2.45, 2.75) is 19.8 Å². The maximum atomic E-state index is 11.5. The number of urea groups is 1. The summed E-state index contributed by atoms with van der Waals surface area (Å²) >= 11 is 0. The highest BCUT2D eigenvalue weighted by atomic mass is 16.3. The molecule has 0 aliphatic rings. The molecule has 0 radical (unpaired) electrons. The fraction of sp³-hybridized carbons (Fsp3) is 0.889. The van der Waals surface area contributed by atoms with E-state index in [1.165, 1.54) is 4.90 Å². The van der Waals surface area contributed by atoms with Crippen molar-refractivity contribution in [2.24, 2.45) is 0 Å². The number of amides is 2. The molecule has 0 aliphatic heterocycles. The molecule has 0 aromatic rings. The van der Waals surface area contributed by atoms with Crippen LogP contribution in [0.15, 0.2) is 0 Å². The second-order valence-corrected chi connectivity index (χ2v) is 3.24. The molecule has 0 rings (SSSR count). The van der Waals surface area contributed by atoms with E-state index in [-0.39, 0.29) is 12.6 Å². The lowest BCUT2D eigenvalue weighted by Gasteiger charge is -2.25. The van der Waals surface area contributed by atoms with Crippen LogP contribution in [0.4, 0.5) is 4.79 Å². The number of hydrogen-bond donors (Lipinski definition) is 1. The van der Waals surface area contributed by atoms with E-state index in [4.69, 9.17) is 5.11 Å². The first-order valence-corrected chi connectivity index (χ1v) is 4.70. The topological polar surface area (TPSA) is 43.8 Å². The van der Waals surface area contributed by atoms with Crippen LogP contribution in [0.25, 0.3) is 0 Å². The van der Waals surface area contributed by atoms with Gasteiger partial charge in [0.25, 0.3) is 0 Å². The van der Waals surface area contributed by atoms with E-state index in [0.717, 1.165) is 19.4 Å². The van der Waals surface area contributed by atoms with Crippen LogP contribution in [0.5, 0.6) is 0 Å². The third-order valence-electron chi connectivity index (χ3n) is 1.80. The highest BCUT2D eigenvalue weighted by Gasteiger charge is 2.13. The van der Waals surface area contributed by atoms with Crippen molar-refractivity contribution in [3.63, 3.8) is 0 Å². The van der Waals surface area contributed by atoms with Crippen LogP contribution in [0.1, 0.15) is 19.8 Å². The van der Waals surface area contributed by atoms with Gasteiger partial charge in [0, 0.05) is 27.2 Å². The number of aliphatic hydroxyl groups is 1. The van der Waals surface area contributed by atoms with Crippen LogP contribution in [0, 0.1) is 0 Å². The molecule has 4 heteroatoms. The Labute approximate surface area is 80.1 Å². The van der Waals surface area contributed by atoms with E-state index in [9.17, 15) is 4.79 Å². The summed E-state index contributed by atoms with van der Waals surface area (Å²) in [5.74, 6) is 0. The second-order valence-electron chi connectivity index (χ2n) is 3.24. The summed E-state index contributed by atoms with van der Waals surface area (Å²) in [6.07, 6.45) is 2.04. The summed E-state index contributed by atoms with van der Waals surface area (Å²) in [5, 5.41) is 8.75. The van der Waals surface area contributed by atoms with Crippen LogP contribution in [0.2, 0.25) is 0 Å². The summed E-state index contributed by atoms with van der Waals surface area (Å²) in [7, 11) is 3.44. The number of nitrogens with zero attached hydrogens (tertiary/aromatic N) is 2. The van der Waals surface area contributed by atoms with Gasteiger partial charge in [0.2, 0.25) is 0 Å². The summed E-state index contributed by atoms with van der Waals surface area (Å²) in [6.45, 7) is 3.27. The zero-order valence-corrected chi connectivity index (χ0v) is 8.79. The Morgan fingerprint density at radius 2 is 1.92 bits per heavy atom. The van der Waals surface area contributed by atoms with Crippen molar-refractivity contribution in [3.05, 3.63) is 0 Å².